The number of furan rings is 1. The summed E-state index contributed by atoms with van der Waals surface area (Å²) in [4.78, 5) is 4.87. The van der Waals surface area contributed by atoms with Crippen molar-refractivity contribution in [2.45, 2.75) is 32.5 Å². The second kappa shape index (κ2) is 9.74. The van der Waals surface area contributed by atoms with Crippen molar-refractivity contribution in [1.82, 2.24) is 9.80 Å². The van der Waals surface area contributed by atoms with Gasteiger partial charge in [-0.3, -0.25) is 9.80 Å². The van der Waals surface area contributed by atoms with E-state index in [4.69, 9.17) is 9.15 Å². The summed E-state index contributed by atoms with van der Waals surface area (Å²) in [6.45, 7) is 10.9. The van der Waals surface area contributed by atoms with E-state index in [0.29, 0.717) is 12.6 Å². The monoisotopic (exact) mass is 370 g/mol. The maximum Gasteiger partial charge on any atom is 0.124 e. The van der Waals surface area contributed by atoms with Crippen LogP contribution in [0.1, 0.15) is 23.5 Å². The van der Waals surface area contributed by atoms with Gasteiger partial charge in [-0.05, 0) is 31.5 Å². The Morgan fingerprint density at radius 2 is 2.07 bits per heavy atom. The van der Waals surface area contributed by atoms with Crippen LogP contribution in [0.15, 0.2) is 53.5 Å². The zero-order valence-corrected chi connectivity index (χ0v) is 16.1. The van der Waals surface area contributed by atoms with Crippen molar-refractivity contribution in [2.24, 2.45) is 0 Å². The van der Waals surface area contributed by atoms with Crippen molar-refractivity contribution >= 4 is 0 Å². The molecule has 0 radical (unpaired) electrons. The fraction of sp³-hybridized carbons (Fsp3) is 0.455. The lowest BCUT2D eigenvalue weighted by molar-refractivity contribution is 0.0450. The molecule has 3 rings (SSSR count). The molecule has 1 atom stereocenters. The molecule has 146 valence electrons. The Balaban J connectivity index is 1.63. The standard InChI is InChI=1S/C22H30N2O3/c1-3-14-26-22-7-5-4-6-19(22)15-23-11-12-24(20(16-23)10-13-25)17-21-9-8-18(2)27-21/h3-9,20,25H,1,10-17H2,2H3. The predicted octanol–water partition coefficient (Wildman–Crippen LogP) is 3.22. The first-order valence-electron chi connectivity index (χ1n) is 9.63. The number of hydrogen-bond donors (Lipinski definition) is 1. The minimum atomic E-state index is 0.200. The number of piperazine rings is 1. The number of benzene rings is 1. The van der Waals surface area contributed by atoms with Gasteiger partial charge in [-0.1, -0.05) is 30.9 Å². The molecule has 1 aliphatic rings. The van der Waals surface area contributed by atoms with Gasteiger partial charge in [0.25, 0.3) is 0 Å². The van der Waals surface area contributed by atoms with Crippen LogP contribution in [0.25, 0.3) is 0 Å². The predicted molar refractivity (Wildman–Crippen MR) is 107 cm³/mol. The Labute approximate surface area is 161 Å². The molecule has 0 aliphatic carbocycles. The average Bonchev–Trinajstić information content (AvgIpc) is 3.08. The van der Waals surface area contributed by atoms with Gasteiger partial charge in [0.2, 0.25) is 0 Å². The molecule has 2 aromatic rings. The molecular formula is C22H30N2O3. The van der Waals surface area contributed by atoms with Gasteiger partial charge < -0.3 is 14.3 Å². The molecule has 5 heteroatoms. The van der Waals surface area contributed by atoms with Crippen LogP contribution in [0.2, 0.25) is 0 Å². The van der Waals surface area contributed by atoms with E-state index in [-0.39, 0.29) is 6.61 Å². The molecule has 1 aliphatic heterocycles. The van der Waals surface area contributed by atoms with E-state index >= 15 is 0 Å². The van der Waals surface area contributed by atoms with Crippen LogP contribution < -0.4 is 4.74 Å². The maximum atomic E-state index is 9.53. The highest BCUT2D eigenvalue weighted by molar-refractivity contribution is 5.33. The molecule has 1 aromatic carbocycles. The minimum Gasteiger partial charge on any atom is -0.489 e. The number of aliphatic hydroxyl groups excluding tert-OH is 1. The molecule has 0 saturated carbocycles. The van der Waals surface area contributed by atoms with Crippen LogP contribution in [-0.2, 0) is 13.1 Å². The molecule has 1 N–H and O–H groups in total. The fourth-order valence-electron chi connectivity index (χ4n) is 3.67. The van der Waals surface area contributed by atoms with Gasteiger partial charge in [0.1, 0.15) is 23.9 Å². The van der Waals surface area contributed by atoms with Crippen LogP contribution in [0.5, 0.6) is 5.75 Å². The van der Waals surface area contributed by atoms with Crippen molar-refractivity contribution in [3.05, 3.63) is 66.1 Å². The van der Waals surface area contributed by atoms with Crippen LogP contribution in [0, 0.1) is 6.92 Å². The van der Waals surface area contributed by atoms with Crippen LogP contribution in [0.3, 0.4) is 0 Å². The summed E-state index contributed by atoms with van der Waals surface area (Å²) in [5, 5.41) is 9.53. The largest absolute Gasteiger partial charge is 0.489 e. The number of hydrogen-bond acceptors (Lipinski definition) is 5. The summed E-state index contributed by atoms with van der Waals surface area (Å²) in [6.07, 6.45) is 2.54. The molecule has 2 heterocycles. The highest BCUT2D eigenvalue weighted by Crippen LogP contribution is 2.23. The normalized spacial score (nSPS) is 18.5. The van der Waals surface area contributed by atoms with E-state index in [1.165, 1.54) is 5.56 Å². The SMILES string of the molecule is C=CCOc1ccccc1CN1CCN(Cc2ccc(C)o2)C(CCO)C1. The number of ether oxygens (including phenoxy) is 1. The summed E-state index contributed by atoms with van der Waals surface area (Å²) in [5.74, 6) is 2.86. The van der Waals surface area contributed by atoms with Crippen LogP contribution in [0.4, 0.5) is 0 Å². The van der Waals surface area contributed by atoms with Gasteiger partial charge in [0, 0.05) is 44.4 Å². The molecule has 1 unspecified atom stereocenters. The number of aliphatic hydroxyl groups is 1. The molecule has 1 fully saturated rings. The molecule has 0 amide bonds. The Bertz CT molecular complexity index is 728. The average molecular weight is 370 g/mol. The lowest BCUT2D eigenvalue weighted by atomic mass is 10.1. The summed E-state index contributed by atoms with van der Waals surface area (Å²) in [7, 11) is 0. The third-order valence-electron chi connectivity index (χ3n) is 5.03. The van der Waals surface area contributed by atoms with E-state index < -0.39 is 0 Å². The molecule has 0 spiro atoms. The third kappa shape index (κ3) is 5.45. The minimum absolute atomic E-state index is 0.200. The second-order valence-electron chi connectivity index (χ2n) is 7.09. The van der Waals surface area contributed by atoms with Crippen molar-refractivity contribution in [3.8, 4) is 5.75 Å². The van der Waals surface area contributed by atoms with Gasteiger partial charge in [0.15, 0.2) is 0 Å². The van der Waals surface area contributed by atoms with Gasteiger partial charge in [-0.2, -0.15) is 0 Å². The van der Waals surface area contributed by atoms with Gasteiger partial charge in [-0.25, -0.2) is 0 Å². The Morgan fingerprint density at radius 3 is 2.81 bits per heavy atom. The topological polar surface area (TPSA) is 49.1 Å². The van der Waals surface area contributed by atoms with Crippen LogP contribution >= 0.6 is 0 Å². The molecule has 1 aromatic heterocycles. The lowest BCUT2D eigenvalue weighted by Crippen LogP contribution is -2.52. The van der Waals surface area contributed by atoms with Crippen molar-refractivity contribution in [1.29, 1.82) is 0 Å². The maximum absolute atomic E-state index is 9.53. The smallest absolute Gasteiger partial charge is 0.124 e. The zero-order valence-electron chi connectivity index (χ0n) is 16.1. The van der Waals surface area contributed by atoms with E-state index in [0.717, 1.165) is 56.4 Å². The molecule has 0 bridgehead atoms. The van der Waals surface area contributed by atoms with Crippen LogP contribution in [-0.4, -0.2) is 53.8 Å². The summed E-state index contributed by atoms with van der Waals surface area (Å²) in [6, 6.07) is 12.6. The number of aryl methyl sites for hydroxylation is 1. The third-order valence-corrected chi connectivity index (χ3v) is 5.03. The Morgan fingerprint density at radius 1 is 1.22 bits per heavy atom. The van der Waals surface area contributed by atoms with Gasteiger partial charge in [-0.15, -0.1) is 0 Å². The highest BCUT2D eigenvalue weighted by Gasteiger charge is 2.27. The van der Waals surface area contributed by atoms with E-state index in [9.17, 15) is 5.11 Å². The van der Waals surface area contributed by atoms with Gasteiger partial charge in [0.05, 0.1) is 6.54 Å². The van der Waals surface area contributed by atoms with E-state index in [1.54, 1.807) is 6.08 Å². The number of para-hydroxylation sites is 1. The Kier molecular flexibility index (Phi) is 7.10. The van der Waals surface area contributed by atoms with E-state index in [2.05, 4.69) is 28.5 Å². The van der Waals surface area contributed by atoms with E-state index in [1.807, 2.05) is 31.2 Å². The molecule has 27 heavy (non-hydrogen) atoms. The summed E-state index contributed by atoms with van der Waals surface area (Å²) in [5.41, 5.74) is 1.19. The number of rotatable bonds is 9. The molecule has 1 saturated heterocycles. The molecule has 5 nitrogen and oxygen atoms in total. The quantitative estimate of drug-likeness (QED) is 0.687. The van der Waals surface area contributed by atoms with Gasteiger partial charge >= 0.3 is 0 Å². The Hall–Kier alpha value is -2.08. The van der Waals surface area contributed by atoms with Crippen molar-refractivity contribution in [2.75, 3.05) is 32.8 Å². The second-order valence-corrected chi connectivity index (χ2v) is 7.09. The summed E-state index contributed by atoms with van der Waals surface area (Å²) < 4.78 is 11.5. The highest BCUT2D eigenvalue weighted by atomic mass is 16.5. The van der Waals surface area contributed by atoms with Crippen molar-refractivity contribution in [3.63, 3.8) is 0 Å². The van der Waals surface area contributed by atoms with Crippen molar-refractivity contribution < 1.29 is 14.3 Å². The summed E-state index contributed by atoms with van der Waals surface area (Å²) >= 11 is 0. The lowest BCUT2D eigenvalue weighted by Gasteiger charge is -2.41. The first kappa shape index (κ1) is 19.7. The first-order valence-corrected chi connectivity index (χ1v) is 9.63. The fourth-order valence-corrected chi connectivity index (χ4v) is 3.67. The zero-order chi connectivity index (χ0) is 19.1. The molecular weight excluding hydrogens is 340 g/mol. The first-order chi connectivity index (χ1) is 13.2. The number of nitrogens with zero attached hydrogens (tertiary/aromatic N) is 2.